The van der Waals surface area contributed by atoms with Crippen LogP contribution in [0.2, 0.25) is 0 Å². The number of hydrogen-bond donors (Lipinski definition) is 1. The number of alkyl halides is 3. The van der Waals surface area contributed by atoms with Crippen molar-refractivity contribution in [2.75, 3.05) is 0 Å². The van der Waals surface area contributed by atoms with Gasteiger partial charge in [0.15, 0.2) is 5.65 Å². The molecule has 0 spiro atoms. The number of aromatic nitrogens is 2. The molecular formula is C21H14F3N3O2. The van der Waals surface area contributed by atoms with E-state index in [0.29, 0.717) is 16.5 Å². The van der Waals surface area contributed by atoms with Gasteiger partial charge in [-0.3, -0.25) is 14.0 Å². The first-order valence-electron chi connectivity index (χ1n) is 8.69. The Morgan fingerprint density at radius 2 is 1.83 bits per heavy atom. The summed E-state index contributed by atoms with van der Waals surface area (Å²) in [5.41, 5.74) is 0.00640. The van der Waals surface area contributed by atoms with Crippen LogP contribution in [0.1, 0.15) is 21.5 Å². The van der Waals surface area contributed by atoms with Gasteiger partial charge in [0.25, 0.3) is 11.5 Å². The molecule has 0 atom stereocenters. The number of carbonyl (C=O) groups excluding carboxylic acids is 1. The van der Waals surface area contributed by atoms with Crippen LogP contribution in [-0.2, 0) is 12.7 Å². The number of pyridine rings is 1. The zero-order valence-corrected chi connectivity index (χ0v) is 14.9. The normalized spacial score (nSPS) is 11.7. The van der Waals surface area contributed by atoms with E-state index in [1.54, 1.807) is 30.3 Å². The number of halogens is 3. The van der Waals surface area contributed by atoms with E-state index in [-0.39, 0.29) is 23.3 Å². The fraction of sp³-hybridized carbons (Fsp3) is 0.0952. The van der Waals surface area contributed by atoms with Gasteiger partial charge in [-0.2, -0.15) is 13.2 Å². The van der Waals surface area contributed by atoms with E-state index in [4.69, 9.17) is 0 Å². The number of hydrogen-bond acceptors (Lipinski definition) is 3. The molecule has 5 nitrogen and oxygen atoms in total. The van der Waals surface area contributed by atoms with Gasteiger partial charge in [0.1, 0.15) is 0 Å². The number of amides is 1. The largest absolute Gasteiger partial charge is 0.416 e. The van der Waals surface area contributed by atoms with Gasteiger partial charge in [0.05, 0.1) is 22.0 Å². The molecule has 2 aromatic carbocycles. The Balaban J connectivity index is 1.67. The topological polar surface area (TPSA) is 63.5 Å². The van der Waals surface area contributed by atoms with E-state index in [9.17, 15) is 22.8 Å². The van der Waals surface area contributed by atoms with Crippen molar-refractivity contribution in [3.63, 3.8) is 0 Å². The molecule has 0 radical (unpaired) electrons. The molecule has 4 aromatic rings. The van der Waals surface area contributed by atoms with Crippen molar-refractivity contribution in [3.8, 4) is 0 Å². The number of fused-ring (bicyclic) bond motifs is 2. The summed E-state index contributed by atoms with van der Waals surface area (Å²) in [4.78, 5) is 29.7. The summed E-state index contributed by atoms with van der Waals surface area (Å²) in [6.07, 6.45) is -2.94. The smallest absolute Gasteiger partial charge is 0.348 e. The molecule has 0 fully saturated rings. The Morgan fingerprint density at radius 1 is 1.03 bits per heavy atom. The molecule has 0 aliphatic carbocycles. The first-order chi connectivity index (χ1) is 13.8. The molecule has 0 bridgehead atoms. The summed E-state index contributed by atoms with van der Waals surface area (Å²) in [7, 11) is 0. The fourth-order valence-electron chi connectivity index (χ4n) is 3.09. The third-order valence-corrected chi connectivity index (χ3v) is 4.50. The second-order valence-corrected chi connectivity index (χ2v) is 6.43. The van der Waals surface area contributed by atoms with Crippen molar-refractivity contribution in [1.29, 1.82) is 0 Å². The van der Waals surface area contributed by atoms with Gasteiger partial charge in [-0.25, -0.2) is 4.98 Å². The third-order valence-electron chi connectivity index (χ3n) is 4.50. The van der Waals surface area contributed by atoms with Crippen LogP contribution in [0.5, 0.6) is 0 Å². The first-order valence-corrected chi connectivity index (χ1v) is 8.69. The predicted molar refractivity (Wildman–Crippen MR) is 102 cm³/mol. The third kappa shape index (κ3) is 3.56. The van der Waals surface area contributed by atoms with Crippen LogP contribution >= 0.6 is 0 Å². The van der Waals surface area contributed by atoms with Crippen molar-refractivity contribution >= 4 is 22.5 Å². The highest BCUT2D eigenvalue weighted by atomic mass is 19.4. The Bertz CT molecular complexity index is 1300. The lowest BCUT2D eigenvalue weighted by Gasteiger charge is -2.11. The minimum absolute atomic E-state index is 0.0956. The SMILES string of the molecule is O=C(NCc1cccc(C(F)(F)F)c1)c1cccn2c(=O)c3ccccc3nc12. The van der Waals surface area contributed by atoms with E-state index in [1.807, 2.05) is 0 Å². The van der Waals surface area contributed by atoms with Gasteiger partial charge in [-0.05, 0) is 42.0 Å². The first kappa shape index (κ1) is 18.7. The van der Waals surface area contributed by atoms with E-state index in [1.165, 1.54) is 28.8 Å². The molecule has 2 aromatic heterocycles. The predicted octanol–water partition coefficient (Wildman–Crippen LogP) is 3.80. The maximum Gasteiger partial charge on any atom is 0.416 e. The van der Waals surface area contributed by atoms with Crippen LogP contribution in [0.15, 0.2) is 71.7 Å². The van der Waals surface area contributed by atoms with Crippen molar-refractivity contribution < 1.29 is 18.0 Å². The molecular weight excluding hydrogens is 383 g/mol. The molecule has 146 valence electrons. The van der Waals surface area contributed by atoms with Gasteiger partial charge in [0, 0.05) is 12.7 Å². The highest BCUT2D eigenvalue weighted by Crippen LogP contribution is 2.29. The highest BCUT2D eigenvalue weighted by molar-refractivity contribution is 6.00. The van der Waals surface area contributed by atoms with Crippen molar-refractivity contribution in [3.05, 3.63) is 93.9 Å². The zero-order valence-electron chi connectivity index (χ0n) is 14.9. The van der Waals surface area contributed by atoms with Crippen LogP contribution in [0.3, 0.4) is 0 Å². The Hall–Kier alpha value is -3.68. The number of benzene rings is 2. The fourth-order valence-corrected chi connectivity index (χ4v) is 3.09. The molecule has 0 unspecified atom stereocenters. The minimum Gasteiger partial charge on any atom is -0.348 e. The van der Waals surface area contributed by atoms with Crippen LogP contribution in [-0.4, -0.2) is 15.3 Å². The van der Waals surface area contributed by atoms with E-state index in [2.05, 4.69) is 10.3 Å². The molecule has 1 N–H and O–H groups in total. The van der Waals surface area contributed by atoms with Crippen molar-refractivity contribution in [2.24, 2.45) is 0 Å². The molecule has 2 heterocycles. The molecule has 0 aliphatic rings. The van der Waals surface area contributed by atoms with Crippen LogP contribution in [0.25, 0.3) is 16.6 Å². The number of carbonyl (C=O) groups is 1. The Kier molecular flexibility index (Phi) is 4.54. The van der Waals surface area contributed by atoms with Gasteiger partial charge < -0.3 is 5.32 Å². The quantitative estimate of drug-likeness (QED) is 0.535. The number of rotatable bonds is 3. The van der Waals surface area contributed by atoms with Gasteiger partial charge in [-0.1, -0.05) is 24.3 Å². The standard InChI is InChI=1S/C21H14F3N3O2/c22-21(23,24)14-6-3-5-13(11-14)12-25-19(28)16-8-4-10-27-18(16)26-17-9-2-1-7-15(17)20(27)29/h1-11H,12H2,(H,25,28). The molecule has 29 heavy (non-hydrogen) atoms. The average Bonchev–Trinajstić information content (AvgIpc) is 2.71. The summed E-state index contributed by atoms with van der Waals surface area (Å²) < 4.78 is 39.8. The van der Waals surface area contributed by atoms with Gasteiger partial charge >= 0.3 is 6.18 Å². The minimum atomic E-state index is -4.46. The highest BCUT2D eigenvalue weighted by Gasteiger charge is 2.30. The molecule has 8 heteroatoms. The lowest BCUT2D eigenvalue weighted by Crippen LogP contribution is -2.25. The average molecular weight is 397 g/mol. The van der Waals surface area contributed by atoms with Gasteiger partial charge in [0.2, 0.25) is 0 Å². The second-order valence-electron chi connectivity index (χ2n) is 6.43. The number of para-hydroxylation sites is 1. The summed E-state index contributed by atoms with van der Waals surface area (Å²) in [6.45, 7) is -0.0956. The summed E-state index contributed by atoms with van der Waals surface area (Å²) >= 11 is 0. The molecule has 0 aliphatic heterocycles. The van der Waals surface area contributed by atoms with E-state index in [0.717, 1.165) is 12.1 Å². The van der Waals surface area contributed by atoms with Crippen LogP contribution in [0, 0.1) is 0 Å². The molecule has 0 saturated carbocycles. The lowest BCUT2D eigenvalue weighted by atomic mass is 10.1. The summed E-state index contributed by atoms with van der Waals surface area (Å²) in [5, 5.41) is 3.01. The maximum absolute atomic E-state index is 12.8. The molecule has 4 rings (SSSR count). The summed E-state index contributed by atoms with van der Waals surface area (Å²) in [5.74, 6) is -0.539. The number of nitrogens with zero attached hydrogens (tertiary/aromatic N) is 2. The Labute approximate surface area is 162 Å². The lowest BCUT2D eigenvalue weighted by molar-refractivity contribution is -0.137. The van der Waals surface area contributed by atoms with Gasteiger partial charge in [-0.15, -0.1) is 0 Å². The number of nitrogens with one attached hydrogen (secondary N) is 1. The maximum atomic E-state index is 12.8. The van der Waals surface area contributed by atoms with Crippen LogP contribution in [0.4, 0.5) is 13.2 Å². The van der Waals surface area contributed by atoms with Crippen molar-refractivity contribution in [1.82, 2.24) is 14.7 Å². The Morgan fingerprint density at radius 3 is 2.62 bits per heavy atom. The molecule has 0 saturated heterocycles. The zero-order chi connectivity index (χ0) is 20.6. The van der Waals surface area contributed by atoms with E-state index >= 15 is 0 Å². The van der Waals surface area contributed by atoms with Crippen LogP contribution < -0.4 is 10.9 Å². The second kappa shape index (κ2) is 7.05. The molecule has 1 amide bonds. The van der Waals surface area contributed by atoms with Crippen molar-refractivity contribution in [2.45, 2.75) is 12.7 Å². The summed E-state index contributed by atoms with van der Waals surface area (Å²) in [6, 6.07) is 14.6. The van der Waals surface area contributed by atoms with E-state index < -0.39 is 17.6 Å². The monoisotopic (exact) mass is 397 g/mol.